The second-order valence-corrected chi connectivity index (χ2v) is 19.3. The molecule has 0 saturated heterocycles. The molecule has 4 aliphatic rings. The van der Waals surface area contributed by atoms with E-state index >= 15 is 0 Å². The Bertz CT molecular complexity index is 1770. The van der Waals surface area contributed by atoms with Crippen molar-refractivity contribution in [2.45, 2.75) is 135 Å². The predicted molar refractivity (Wildman–Crippen MR) is 225 cm³/mol. The molecule has 4 saturated carbocycles. The number of Topliss-reactive ketones (excluding diaryl/α,β-unsaturated/α-hetero) is 3. The van der Waals surface area contributed by atoms with E-state index in [1.165, 1.54) is 6.42 Å². The Morgan fingerprint density at radius 1 is 0.691 bits per heavy atom. The number of methoxy groups -OCH3 is 2. The average molecular weight is 756 g/mol. The molecule has 0 heterocycles. The zero-order chi connectivity index (χ0) is 39.3. The van der Waals surface area contributed by atoms with Crippen LogP contribution in [0, 0.1) is 88.3 Å². The van der Waals surface area contributed by atoms with Gasteiger partial charge in [-0.2, -0.15) is 5.26 Å². The van der Waals surface area contributed by atoms with E-state index in [4.69, 9.17) is 9.47 Å². The molecule has 0 amide bonds. The van der Waals surface area contributed by atoms with Crippen LogP contribution < -0.4 is 9.47 Å². The second kappa shape index (κ2) is 17.0. The molecule has 0 aromatic heterocycles. The number of carbonyl (C=O) groups excluding carboxylic acids is 3. The number of nitriles is 1. The zero-order valence-corrected chi connectivity index (χ0v) is 34.7. The number of carbonyl (C=O) groups is 3. The first-order chi connectivity index (χ1) is 24.7. The van der Waals surface area contributed by atoms with Crippen LogP contribution in [0.5, 0.6) is 11.5 Å². The van der Waals surface area contributed by atoms with Gasteiger partial charge in [0.25, 0.3) is 0 Å². The van der Waals surface area contributed by atoms with E-state index in [2.05, 4.69) is 54.5 Å². The number of nitrogens with zero attached hydrogens (tertiary/aromatic N) is 1. The molecule has 6 nitrogen and oxygen atoms in total. The monoisotopic (exact) mass is 756 g/mol. The molecule has 4 fully saturated rings. The highest BCUT2D eigenvalue weighted by molar-refractivity contribution is 6.02. The first-order valence-corrected chi connectivity index (χ1v) is 20.1. The fraction of sp³-hybridized carbons (Fsp3) is 0.673. The fourth-order valence-electron chi connectivity index (χ4n) is 12.2. The largest absolute Gasteiger partial charge is 0.497 e. The summed E-state index contributed by atoms with van der Waals surface area (Å²) in [4.78, 5) is 40.3. The van der Waals surface area contributed by atoms with Gasteiger partial charge >= 0.3 is 0 Å². The normalized spacial score (nSPS) is 33.0. The van der Waals surface area contributed by atoms with E-state index in [1.807, 2.05) is 57.2 Å². The third kappa shape index (κ3) is 8.47. The van der Waals surface area contributed by atoms with Crippen LogP contribution in [-0.2, 0) is 4.79 Å². The average Bonchev–Trinajstić information content (AvgIpc) is 3.08. The van der Waals surface area contributed by atoms with Crippen molar-refractivity contribution >= 4 is 17.3 Å². The van der Waals surface area contributed by atoms with Crippen LogP contribution in [0.1, 0.15) is 153 Å². The molecule has 4 aliphatic carbocycles. The van der Waals surface area contributed by atoms with E-state index in [0.29, 0.717) is 23.7 Å². The fourth-order valence-corrected chi connectivity index (χ4v) is 12.2. The Morgan fingerprint density at radius 3 is 1.58 bits per heavy atom. The smallest absolute Gasteiger partial charge is 0.167 e. The lowest BCUT2D eigenvalue weighted by molar-refractivity contribution is -0.143. The summed E-state index contributed by atoms with van der Waals surface area (Å²) in [6, 6.07) is 14.0. The topological polar surface area (TPSA) is 93.5 Å². The van der Waals surface area contributed by atoms with Crippen molar-refractivity contribution in [3.05, 3.63) is 58.7 Å². The van der Waals surface area contributed by atoms with Crippen LogP contribution in [0.15, 0.2) is 36.4 Å². The van der Waals surface area contributed by atoms with Gasteiger partial charge in [0.2, 0.25) is 0 Å². The number of aryl methyl sites for hydroxylation is 2. The van der Waals surface area contributed by atoms with Gasteiger partial charge in [-0.3, -0.25) is 14.4 Å². The molecule has 0 aliphatic heterocycles. The Balaban J connectivity index is 0.000000285. The van der Waals surface area contributed by atoms with E-state index in [-0.39, 0.29) is 89.4 Å². The lowest BCUT2D eigenvalue weighted by Gasteiger charge is -2.59. The van der Waals surface area contributed by atoms with Crippen molar-refractivity contribution < 1.29 is 23.9 Å². The van der Waals surface area contributed by atoms with Crippen LogP contribution in [-0.4, -0.2) is 31.6 Å². The lowest BCUT2D eigenvalue weighted by atomic mass is 9.44. The Hall–Kier alpha value is -3.46. The van der Waals surface area contributed by atoms with Gasteiger partial charge in [-0.15, -0.1) is 0 Å². The van der Waals surface area contributed by atoms with Gasteiger partial charge < -0.3 is 9.47 Å². The summed E-state index contributed by atoms with van der Waals surface area (Å²) in [5, 5.41) is 9.82. The van der Waals surface area contributed by atoms with E-state index < -0.39 is 0 Å². The number of fused-ring (bicyclic) bond motifs is 2. The second-order valence-electron chi connectivity index (χ2n) is 19.3. The van der Waals surface area contributed by atoms with Gasteiger partial charge in [0, 0.05) is 41.2 Å². The molecule has 0 spiro atoms. The molecule has 0 N–H and O–H groups in total. The van der Waals surface area contributed by atoms with Gasteiger partial charge in [-0.05, 0) is 133 Å². The van der Waals surface area contributed by atoms with Crippen molar-refractivity contribution in [2.75, 3.05) is 14.2 Å². The summed E-state index contributed by atoms with van der Waals surface area (Å²) in [6.45, 7) is 21.8. The molecule has 2 aromatic carbocycles. The molecule has 9 atom stereocenters. The van der Waals surface area contributed by atoms with E-state index in [1.54, 1.807) is 14.2 Å². The Morgan fingerprint density at radius 2 is 1.13 bits per heavy atom. The summed E-state index contributed by atoms with van der Waals surface area (Å²) in [6.07, 6.45) is 8.23. The van der Waals surface area contributed by atoms with E-state index in [9.17, 15) is 19.6 Å². The van der Waals surface area contributed by atoms with Crippen LogP contribution >= 0.6 is 0 Å². The number of benzene rings is 2. The van der Waals surface area contributed by atoms with Crippen molar-refractivity contribution in [2.24, 2.45) is 63.1 Å². The molecule has 0 bridgehead atoms. The lowest BCUT2D eigenvalue weighted by Crippen LogP contribution is -2.56. The quantitative estimate of drug-likeness (QED) is 0.273. The molecular weight excluding hydrogens is 683 g/mol. The van der Waals surface area contributed by atoms with Gasteiger partial charge in [-0.25, -0.2) is 0 Å². The number of ketones is 3. The summed E-state index contributed by atoms with van der Waals surface area (Å²) in [5.74, 6) is 2.08. The number of ether oxygens (including phenoxy) is 2. The maximum atomic E-state index is 13.8. The minimum absolute atomic E-state index is 0. The minimum atomic E-state index is -0.250. The summed E-state index contributed by atoms with van der Waals surface area (Å²) >= 11 is 0. The highest BCUT2D eigenvalue weighted by Gasteiger charge is 2.60. The first kappa shape index (κ1) is 45.9. The number of hydrogen-bond acceptors (Lipinski definition) is 6. The zero-order valence-electron chi connectivity index (χ0n) is 34.7. The third-order valence-electron chi connectivity index (χ3n) is 14.9. The van der Waals surface area contributed by atoms with Crippen molar-refractivity contribution in [1.29, 1.82) is 5.26 Å². The van der Waals surface area contributed by atoms with Crippen molar-refractivity contribution in [1.82, 2.24) is 0 Å². The Kier molecular flexibility index (Phi) is 14.2. The van der Waals surface area contributed by atoms with Crippen LogP contribution in [0.2, 0.25) is 0 Å². The summed E-state index contributed by atoms with van der Waals surface area (Å²) < 4.78 is 10.8. The molecule has 6 rings (SSSR count). The third-order valence-corrected chi connectivity index (χ3v) is 14.9. The van der Waals surface area contributed by atoms with Crippen LogP contribution in [0.3, 0.4) is 0 Å². The molecular formula is C49H73NO5. The number of rotatable bonds is 6. The molecule has 2 unspecified atom stereocenters. The maximum Gasteiger partial charge on any atom is 0.167 e. The minimum Gasteiger partial charge on any atom is -0.497 e. The highest BCUT2D eigenvalue weighted by atomic mass is 16.5. The Labute approximate surface area is 334 Å². The molecule has 55 heavy (non-hydrogen) atoms. The predicted octanol–water partition coefficient (Wildman–Crippen LogP) is 12.3. The van der Waals surface area contributed by atoms with Crippen molar-refractivity contribution in [3.8, 4) is 17.6 Å². The van der Waals surface area contributed by atoms with Gasteiger partial charge in [0.15, 0.2) is 11.6 Å². The van der Waals surface area contributed by atoms with Gasteiger partial charge in [-0.1, -0.05) is 83.1 Å². The molecule has 6 heteroatoms. The molecule has 0 radical (unpaired) electrons. The molecule has 304 valence electrons. The van der Waals surface area contributed by atoms with Crippen LogP contribution in [0.4, 0.5) is 0 Å². The summed E-state index contributed by atoms with van der Waals surface area (Å²) in [7, 11) is 3.26. The van der Waals surface area contributed by atoms with Crippen LogP contribution in [0.25, 0.3) is 0 Å². The molecule has 2 aromatic rings. The SMILES string of the molecule is C.C.COc1cc(C)cc(C(=O)[C@H]2C(C)C(C#N)C[C@H]3C(C)(C)CCC[C@]23C)c1.COc1cc(C)cc(C(=O)[C@H]2[C@@H](C)C(=O)C[C@H]3C(C)(C)CCC[C@]23C)c1. The van der Waals surface area contributed by atoms with Crippen molar-refractivity contribution in [3.63, 3.8) is 0 Å². The van der Waals surface area contributed by atoms with E-state index in [0.717, 1.165) is 61.0 Å². The van der Waals surface area contributed by atoms with Gasteiger partial charge in [0.05, 0.1) is 20.3 Å². The van der Waals surface area contributed by atoms with Gasteiger partial charge in [0.1, 0.15) is 17.3 Å². The number of hydrogen-bond donors (Lipinski definition) is 0. The highest BCUT2D eigenvalue weighted by Crippen LogP contribution is 2.63. The standard InChI is InChI=1S/C24H33NO2.C23H32O3.2CH4/c1-15-10-17(12-19(11-15)27-6)22(26)21-16(2)18(14-25)13-20-23(3,4)8-7-9-24(20,21)5;1-14-10-16(12-17(11-14)26-6)21(25)20-15(2)18(24)13-19-22(3,4)8-7-9-23(19,20)5;;/h10-12,16,18,20-21H,7-9,13H2,1-6H3;10-12,15,19-20H,7-9,13H2,1-6H3;2*1H4/t16?,18?,20-,21+,24-;15-,19-,20+,23-;;/m00../s1. The maximum absolute atomic E-state index is 13.8. The first-order valence-electron chi connectivity index (χ1n) is 20.1. The summed E-state index contributed by atoms with van der Waals surface area (Å²) in [5.41, 5.74) is 3.54.